The summed E-state index contributed by atoms with van der Waals surface area (Å²) >= 11 is 5.94. The highest BCUT2D eigenvalue weighted by atomic mass is 35.5. The van der Waals surface area contributed by atoms with Crippen molar-refractivity contribution in [1.29, 1.82) is 0 Å². The number of rotatable bonds is 3. The number of hydrogen-bond donors (Lipinski definition) is 2. The Morgan fingerprint density at radius 3 is 2.92 bits per heavy atom. The fourth-order valence-corrected chi connectivity index (χ4v) is 1.33. The molecule has 0 unspecified atom stereocenters. The van der Waals surface area contributed by atoms with Crippen LogP contribution in [0.25, 0.3) is 0 Å². The third-order valence-electron chi connectivity index (χ3n) is 2.00. The minimum absolute atomic E-state index is 0.0174. The molecule has 0 saturated heterocycles. The van der Waals surface area contributed by atoms with Crippen LogP contribution in [0.15, 0.2) is 12.3 Å². The summed E-state index contributed by atoms with van der Waals surface area (Å²) in [5, 5.41) is 12.6. The zero-order valence-electron chi connectivity index (χ0n) is 7.13. The first-order chi connectivity index (χ1) is 6.29. The first kappa shape index (κ1) is 8.78. The van der Waals surface area contributed by atoms with Crippen LogP contribution in [0.4, 0.5) is 5.82 Å². The van der Waals surface area contributed by atoms with Gasteiger partial charge in [-0.2, -0.15) is 0 Å². The molecule has 1 aromatic rings. The molecule has 0 amide bonds. The van der Waals surface area contributed by atoms with Gasteiger partial charge in [-0.3, -0.25) is 0 Å². The predicted molar refractivity (Wildman–Crippen MR) is 51.8 cm³/mol. The van der Waals surface area contributed by atoms with Crippen molar-refractivity contribution in [1.82, 2.24) is 4.98 Å². The Kier molecular flexibility index (Phi) is 2.38. The molecule has 1 aliphatic carbocycles. The topological polar surface area (TPSA) is 45.2 Å². The fourth-order valence-electron chi connectivity index (χ4n) is 1.09. The summed E-state index contributed by atoms with van der Waals surface area (Å²) in [6, 6.07) is 2.28. The van der Waals surface area contributed by atoms with Gasteiger partial charge in [-0.15, -0.1) is 0 Å². The maximum Gasteiger partial charge on any atom is 0.144 e. The fraction of sp³-hybridized carbons (Fsp3) is 0.444. The van der Waals surface area contributed by atoms with E-state index in [0.717, 1.165) is 11.4 Å². The minimum Gasteiger partial charge on any atom is -0.392 e. The highest BCUT2D eigenvalue weighted by Crippen LogP contribution is 2.28. The number of halogens is 1. The summed E-state index contributed by atoms with van der Waals surface area (Å²) in [5.74, 6) is 0.723. The second-order valence-electron chi connectivity index (χ2n) is 3.25. The lowest BCUT2D eigenvalue weighted by molar-refractivity contribution is 0.281. The Morgan fingerprint density at radius 2 is 2.38 bits per heavy atom. The number of hydrogen-bond acceptors (Lipinski definition) is 3. The van der Waals surface area contributed by atoms with Gasteiger partial charge in [0.2, 0.25) is 0 Å². The van der Waals surface area contributed by atoms with Crippen molar-refractivity contribution in [2.45, 2.75) is 25.5 Å². The van der Waals surface area contributed by atoms with Gasteiger partial charge in [0.25, 0.3) is 0 Å². The number of nitrogens with zero attached hydrogens (tertiary/aromatic N) is 1. The van der Waals surface area contributed by atoms with E-state index in [2.05, 4.69) is 10.3 Å². The smallest absolute Gasteiger partial charge is 0.144 e. The summed E-state index contributed by atoms with van der Waals surface area (Å²) in [5.41, 5.74) is 0.742. The summed E-state index contributed by atoms with van der Waals surface area (Å²) in [7, 11) is 0. The van der Waals surface area contributed by atoms with E-state index in [9.17, 15) is 0 Å². The SMILES string of the molecule is OCc1cnc(NC2CC2)c(Cl)c1. The van der Waals surface area contributed by atoms with Crippen molar-refractivity contribution < 1.29 is 5.11 Å². The quantitative estimate of drug-likeness (QED) is 0.779. The molecule has 0 aliphatic heterocycles. The first-order valence-electron chi connectivity index (χ1n) is 4.31. The molecule has 1 aromatic heterocycles. The molecule has 1 heterocycles. The van der Waals surface area contributed by atoms with Crippen molar-refractivity contribution in [2.24, 2.45) is 0 Å². The molecular weight excluding hydrogens is 188 g/mol. The van der Waals surface area contributed by atoms with Gasteiger partial charge in [-0.05, 0) is 24.5 Å². The van der Waals surface area contributed by atoms with Crippen molar-refractivity contribution >= 4 is 17.4 Å². The van der Waals surface area contributed by atoms with Gasteiger partial charge in [0.05, 0.1) is 11.6 Å². The summed E-state index contributed by atoms with van der Waals surface area (Å²) < 4.78 is 0. The molecule has 4 heteroatoms. The Bertz CT molecular complexity index is 312. The number of anilines is 1. The van der Waals surface area contributed by atoms with Crippen LogP contribution < -0.4 is 5.32 Å². The van der Waals surface area contributed by atoms with Gasteiger partial charge >= 0.3 is 0 Å². The van der Waals surface area contributed by atoms with Crippen molar-refractivity contribution in [2.75, 3.05) is 5.32 Å². The summed E-state index contributed by atoms with van der Waals surface area (Å²) in [6.45, 7) is -0.0174. The van der Waals surface area contributed by atoms with Crippen LogP contribution >= 0.6 is 11.6 Å². The van der Waals surface area contributed by atoms with Crippen LogP contribution in [-0.4, -0.2) is 16.1 Å². The van der Waals surface area contributed by atoms with Crippen LogP contribution in [0.1, 0.15) is 18.4 Å². The lowest BCUT2D eigenvalue weighted by Gasteiger charge is -2.06. The van der Waals surface area contributed by atoms with Gasteiger partial charge in [0.1, 0.15) is 5.82 Å². The molecule has 2 rings (SSSR count). The average Bonchev–Trinajstić information content (AvgIpc) is 2.92. The predicted octanol–water partition coefficient (Wildman–Crippen LogP) is 1.80. The molecule has 0 bridgehead atoms. The first-order valence-corrected chi connectivity index (χ1v) is 4.69. The van der Waals surface area contributed by atoms with Crippen LogP contribution in [0, 0.1) is 0 Å². The van der Waals surface area contributed by atoms with Gasteiger partial charge in [0, 0.05) is 12.2 Å². The van der Waals surface area contributed by atoms with Crippen LogP contribution in [-0.2, 0) is 6.61 Å². The van der Waals surface area contributed by atoms with E-state index in [1.165, 1.54) is 12.8 Å². The monoisotopic (exact) mass is 198 g/mol. The maximum atomic E-state index is 8.83. The summed E-state index contributed by atoms with van der Waals surface area (Å²) in [4.78, 5) is 4.13. The molecule has 1 saturated carbocycles. The van der Waals surface area contributed by atoms with E-state index >= 15 is 0 Å². The molecule has 0 atom stereocenters. The Balaban J connectivity index is 2.15. The van der Waals surface area contributed by atoms with Crippen molar-refractivity contribution in [3.8, 4) is 0 Å². The number of aromatic nitrogens is 1. The standard InChI is InChI=1S/C9H11ClN2O/c10-8-3-6(5-13)4-11-9(8)12-7-1-2-7/h3-4,7,13H,1-2,5H2,(H,11,12). The van der Waals surface area contributed by atoms with Crippen LogP contribution in [0.2, 0.25) is 5.02 Å². The Morgan fingerprint density at radius 1 is 1.62 bits per heavy atom. The zero-order chi connectivity index (χ0) is 9.26. The molecule has 3 nitrogen and oxygen atoms in total. The second-order valence-corrected chi connectivity index (χ2v) is 3.66. The molecule has 2 N–H and O–H groups in total. The second kappa shape index (κ2) is 3.52. The number of aliphatic hydroxyl groups excluding tert-OH is 1. The molecule has 0 spiro atoms. The summed E-state index contributed by atoms with van der Waals surface area (Å²) in [6.07, 6.45) is 4.02. The zero-order valence-corrected chi connectivity index (χ0v) is 7.88. The normalized spacial score (nSPS) is 15.8. The minimum atomic E-state index is -0.0174. The van der Waals surface area contributed by atoms with E-state index in [-0.39, 0.29) is 6.61 Å². The molecular formula is C9H11ClN2O. The molecule has 1 fully saturated rings. The largest absolute Gasteiger partial charge is 0.392 e. The number of nitrogens with one attached hydrogen (secondary N) is 1. The lowest BCUT2D eigenvalue weighted by Crippen LogP contribution is -2.03. The Hall–Kier alpha value is -0.800. The Labute approximate surface area is 81.8 Å². The van der Waals surface area contributed by atoms with E-state index in [0.29, 0.717) is 11.1 Å². The molecule has 0 aromatic carbocycles. The highest BCUT2D eigenvalue weighted by molar-refractivity contribution is 6.32. The number of pyridine rings is 1. The lowest BCUT2D eigenvalue weighted by atomic mass is 10.3. The molecule has 13 heavy (non-hydrogen) atoms. The molecule has 1 aliphatic rings. The van der Waals surface area contributed by atoms with Crippen molar-refractivity contribution in [3.05, 3.63) is 22.8 Å². The molecule has 70 valence electrons. The highest BCUT2D eigenvalue weighted by Gasteiger charge is 2.22. The maximum absolute atomic E-state index is 8.83. The molecule has 0 radical (unpaired) electrons. The number of aliphatic hydroxyl groups is 1. The van der Waals surface area contributed by atoms with Crippen molar-refractivity contribution in [3.63, 3.8) is 0 Å². The third kappa shape index (κ3) is 2.11. The van der Waals surface area contributed by atoms with E-state index < -0.39 is 0 Å². The van der Waals surface area contributed by atoms with E-state index in [4.69, 9.17) is 16.7 Å². The van der Waals surface area contributed by atoms with Crippen LogP contribution in [0.3, 0.4) is 0 Å². The van der Waals surface area contributed by atoms with E-state index in [1.54, 1.807) is 12.3 Å². The average molecular weight is 199 g/mol. The van der Waals surface area contributed by atoms with E-state index in [1.807, 2.05) is 0 Å². The van der Waals surface area contributed by atoms with Gasteiger partial charge in [-0.25, -0.2) is 4.98 Å². The third-order valence-corrected chi connectivity index (χ3v) is 2.29. The van der Waals surface area contributed by atoms with Gasteiger partial charge in [-0.1, -0.05) is 11.6 Å². The van der Waals surface area contributed by atoms with Gasteiger partial charge in [0.15, 0.2) is 0 Å². The van der Waals surface area contributed by atoms with Crippen LogP contribution in [0.5, 0.6) is 0 Å². The van der Waals surface area contributed by atoms with Gasteiger partial charge < -0.3 is 10.4 Å².